The van der Waals surface area contributed by atoms with Gasteiger partial charge in [-0.15, -0.1) is 0 Å². The van der Waals surface area contributed by atoms with E-state index in [9.17, 15) is 9.59 Å². The maximum absolute atomic E-state index is 12.5. The summed E-state index contributed by atoms with van der Waals surface area (Å²) in [4.78, 5) is 24.2. The Morgan fingerprint density at radius 1 is 1.38 bits per heavy atom. The molecule has 0 fully saturated rings. The second-order valence-corrected chi connectivity index (χ2v) is 5.28. The summed E-state index contributed by atoms with van der Waals surface area (Å²) in [5.41, 5.74) is 0.882. The first kappa shape index (κ1) is 15.8. The standard InChI is InChI=1S/C17H17N3O4/c1-3-23-12-4-5-13-14(7-16(21)24-15(13)6-12)17(22)18-8-11-9-19-20(2)10-11/h4-7,9-10H,3,8H2,1-2H3,(H,18,22). The van der Waals surface area contributed by atoms with E-state index in [1.165, 1.54) is 6.07 Å². The molecule has 0 spiro atoms. The lowest BCUT2D eigenvalue weighted by atomic mass is 10.1. The van der Waals surface area contributed by atoms with Crippen LogP contribution in [0.1, 0.15) is 22.8 Å². The van der Waals surface area contributed by atoms with Crippen LogP contribution in [0.4, 0.5) is 0 Å². The number of amides is 1. The Bertz CT molecular complexity index is 942. The molecule has 0 bridgehead atoms. The van der Waals surface area contributed by atoms with Crippen LogP contribution in [0.25, 0.3) is 11.0 Å². The van der Waals surface area contributed by atoms with Crippen LogP contribution in [-0.2, 0) is 13.6 Å². The topological polar surface area (TPSA) is 86.4 Å². The molecule has 0 atom stereocenters. The second kappa shape index (κ2) is 6.57. The normalized spacial score (nSPS) is 10.8. The Kier molecular flexibility index (Phi) is 4.33. The molecule has 0 aliphatic rings. The number of aromatic nitrogens is 2. The van der Waals surface area contributed by atoms with Crippen LogP contribution >= 0.6 is 0 Å². The average molecular weight is 327 g/mol. The fourth-order valence-corrected chi connectivity index (χ4v) is 2.43. The molecule has 3 aromatic rings. The van der Waals surface area contributed by atoms with Gasteiger partial charge in [-0.25, -0.2) is 4.79 Å². The van der Waals surface area contributed by atoms with E-state index < -0.39 is 5.63 Å². The molecular formula is C17H17N3O4. The molecule has 0 radical (unpaired) electrons. The first-order valence-corrected chi connectivity index (χ1v) is 7.53. The van der Waals surface area contributed by atoms with Crippen LogP contribution in [0.15, 0.2) is 45.9 Å². The molecular weight excluding hydrogens is 310 g/mol. The smallest absolute Gasteiger partial charge is 0.337 e. The average Bonchev–Trinajstić information content (AvgIpc) is 2.97. The summed E-state index contributed by atoms with van der Waals surface area (Å²) in [7, 11) is 1.80. The molecule has 7 heteroatoms. The molecule has 3 rings (SSSR count). The van der Waals surface area contributed by atoms with Gasteiger partial charge in [0.25, 0.3) is 5.91 Å². The molecule has 0 unspecified atom stereocenters. The van der Waals surface area contributed by atoms with Crippen molar-refractivity contribution in [3.05, 3.63) is 58.2 Å². The van der Waals surface area contributed by atoms with Crippen molar-refractivity contribution in [1.29, 1.82) is 0 Å². The van der Waals surface area contributed by atoms with E-state index in [-0.39, 0.29) is 11.5 Å². The lowest BCUT2D eigenvalue weighted by Crippen LogP contribution is -2.24. The number of fused-ring (bicyclic) bond motifs is 1. The number of nitrogens with zero attached hydrogens (tertiary/aromatic N) is 2. The molecule has 1 aromatic carbocycles. The minimum atomic E-state index is -0.581. The van der Waals surface area contributed by atoms with Crippen molar-refractivity contribution in [1.82, 2.24) is 15.1 Å². The summed E-state index contributed by atoms with van der Waals surface area (Å²) in [5, 5.41) is 7.39. The SMILES string of the molecule is CCOc1ccc2c(C(=O)NCc3cnn(C)c3)cc(=O)oc2c1. The highest BCUT2D eigenvalue weighted by atomic mass is 16.5. The Morgan fingerprint density at radius 3 is 2.92 bits per heavy atom. The summed E-state index contributed by atoms with van der Waals surface area (Å²) in [5.74, 6) is 0.238. The van der Waals surface area contributed by atoms with Crippen molar-refractivity contribution >= 4 is 16.9 Å². The van der Waals surface area contributed by atoms with E-state index >= 15 is 0 Å². The van der Waals surface area contributed by atoms with Gasteiger partial charge in [-0.3, -0.25) is 9.48 Å². The Balaban J connectivity index is 1.89. The zero-order valence-corrected chi connectivity index (χ0v) is 13.4. The zero-order chi connectivity index (χ0) is 17.1. The number of rotatable bonds is 5. The summed E-state index contributed by atoms with van der Waals surface area (Å²) in [6.07, 6.45) is 3.48. The maximum atomic E-state index is 12.5. The van der Waals surface area contributed by atoms with Crippen LogP contribution in [0.3, 0.4) is 0 Å². The predicted octanol–water partition coefficient (Wildman–Crippen LogP) is 1.86. The van der Waals surface area contributed by atoms with E-state index in [4.69, 9.17) is 9.15 Å². The van der Waals surface area contributed by atoms with Gasteiger partial charge in [0.2, 0.25) is 0 Å². The van der Waals surface area contributed by atoms with Gasteiger partial charge in [0.15, 0.2) is 0 Å². The number of aryl methyl sites for hydroxylation is 1. The summed E-state index contributed by atoms with van der Waals surface area (Å²) in [6.45, 7) is 2.69. The third-order valence-corrected chi connectivity index (χ3v) is 3.48. The molecule has 124 valence electrons. The van der Waals surface area contributed by atoms with E-state index in [1.54, 1.807) is 36.1 Å². The van der Waals surface area contributed by atoms with Crippen LogP contribution in [0.2, 0.25) is 0 Å². The third kappa shape index (κ3) is 3.29. The minimum Gasteiger partial charge on any atom is -0.494 e. The van der Waals surface area contributed by atoms with Gasteiger partial charge in [-0.2, -0.15) is 5.10 Å². The second-order valence-electron chi connectivity index (χ2n) is 5.28. The molecule has 0 aliphatic carbocycles. The summed E-state index contributed by atoms with van der Waals surface area (Å²) < 4.78 is 12.2. The number of nitrogens with one attached hydrogen (secondary N) is 1. The number of hydrogen-bond donors (Lipinski definition) is 1. The summed E-state index contributed by atoms with van der Waals surface area (Å²) in [6, 6.07) is 6.26. The first-order valence-electron chi connectivity index (χ1n) is 7.53. The van der Waals surface area contributed by atoms with Crippen LogP contribution < -0.4 is 15.7 Å². The molecule has 1 amide bonds. The van der Waals surface area contributed by atoms with Crippen molar-refractivity contribution in [2.45, 2.75) is 13.5 Å². The van der Waals surface area contributed by atoms with Gasteiger partial charge in [0.05, 0.1) is 18.4 Å². The van der Waals surface area contributed by atoms with E-state index in [1.807, 2.05) is 13.1 Å². The van der Waals surface area contributed by atoms with Crippen LogP contribution in [-0.4, -0.2) is 22.3 Å². The van der Waals surface area contributed by atoms with Crippen molar-refractivity contribution in [2.24, 2.45) is 7.05 Å². The van der Waals surface area contributed by atoms with Gasteiger partial charge in [-0.1, -0.05) is 0 Å². The lowest BCUT2D eigenvalue weighted by Gasteiger charge is -2.08. The molecule has 1 N–H and O–H groups in total. The van der Waals surface area contributed by atoms with E-state index in [0.717, 1.165) is 5.56 Å². The van der Waals surface area contributed by atoms with Gasteiger partial charge >= 0.3 is 5.63 Å². The van der Waals surface area contributed by atoms with Crippen LogP contribution in [0, 0.1) is 0 Å². The fraction of sp³-hybridized carbons (Fsp3) is 0.235. The number of benzene rings is 1. The number of carbonyl (C=O) groups is 1. The maximum Gasteiger partial charge on any atom is 0.337 e. The minimum absolute atomic E-state index is 0.271. The molecule has 7 nitrogen and oxygen atoms in total. The third-order valence-electron chi connectivity index (χ3n) is 3.48. The lowest BCUT2D eigenvalue weighted by molar-refractivity contribution is 0.0952. The van der Waals surface area contributed by atoms with Crippen molar-refractivity contribution in [3.8, 4) is 5.75 Å². The fourth-order valence-electron chi connectivity index (χ4n) is 2.43. The number of ether oxygens (including phenoxy) is 1. The monoisotopic (exact) mass is 327 g/mol. The van der Waals surface area contributed by atoms with E-state index in [2.05, 4.69) is 10.4 Å². The predicted molar refractivity (Wildman–Crippen MR) is 88.0 cm³/mol. The van der Waals surface area contributed by atoms with Crippen molar-refractivity contribution in [2.75, 3.05) is 6.61 Å². The first-order chi connectivity index (χ1) is 11.6. The molecule has 24 heavy (non-hydrogen) atoms. The van der Waals surface area contributed by atoms with Crippen molar-refractivity contribution in [3.63, 3.8) is 0 Å². The molecule has 0 saturated heterocycles. The van der Waals surface area contributed by atoms with Crippen molar-refractivity contribution < 1.29 is 13.9 Å². The zero-order valence-electron chi connectivity index (χ0n) is 13.4. The van der Waals surface area contributed by atoms with Gasteiger partial charge in [0, 0.05) is 42.9 Å². The number of carbonyl (C=O) groups excluding carboxylic acids is 1. The quantitative estimate of drug-likeness (QED) is 0.723. The highest BCUT2D eigenvalue weighted by Gasteiger charge is 2.14. The Hall–Kier alpha value is -3.09. The molecule has 0 saturated carbocycles. The Morgan fingerprint density at radius 2 is 2.21 bits per heavy atom. The number of hydrogen-bond acceptors (Lipinski definition) is 5. The van der Waals surface area contributed by atoms with Crippen LogP contribution in [0.5, 0.6) is 5.75 Å². The van der Waals surface area contributed by atoms with Gasteiger partial charge < -0.3 is 14.5 Å². The Labute approximate surface area is 137 Å². The highest BCUT2D eigenvalue weighted by Crippen LogP contribution is 2.22. The van der Waals surface area contributed by atoms with E-state index in [0.29, 0.717) is 29.9 Å². The van der Waals surface area contributed by atoms with Gasteiger partial charge in [0.1, 0.15) is 11.3 Å². The molecule has 0 aliphatic heterocycles. The molecule has 2 heterocycles. The van der Waals surface area contributed by atoms with Gasteiger partial charge in [-0.05, 0) is 19.1 Å². The highest BCUT2D eigenvalue weighted by molar-refractivity contribution is 6.05. The largest absolute Gasteiger partial charge is 0.494 e. The summed E-state index contributed by atoms with van der Waals surface area (Å²) >= 11 is 0. The molecule has 2 aromatic heterocycles.